The van der Waals surface area contributed by atoms with Gasteiger partial charge in [0.25, 0.3) is 0 Å². The maximum Gasteiger partial charge on any atom is 0.175 e. The van der Waals surface area contributed by atoms with Crippen molar-refractivity contribution in [3.63, 3.8) is 0 Å². The highest BCUT2D eigenvalue weighted by Gasteiger charge is 2.41. The van der Waals surface area contributed by atoms with Gasteiger partial charge in [0.15, 0.2) is 11.4 Å². The Kier molecular flexibility index (Phi) is 2.32. The second-order valence-electron chi connectivity index (χ2n) is 2.12. The lowest BCUT2D eigenvalue weighted by Crippen LogP contribution is -2.29. The minimum absolute atomic E-state index is 0.108. The molecule has 0 aromatic rings. The SMILES string of the molecule is OC[C@H]1[SH+]C[C@@H](F)[C@@H]1O. The van der Waals surface area contributed by atoms with Gasteiger partial charge in [0, 0.05) is 0 Å². The molecule has 0 spiro atoms. The number of rotatable bonds is 1. The predicted molar refractivity (Wildman–Crippen MR) is 35.4 cm³/mol. The molecular formula is C5H10FO2S+. The molecule has 0 radical (unpaired) electrons. The lowest BCUT2D eigenvalue weighted by atomic mass is 10.2. The van der Waals surface area contributed by atoms with Crippen LogP contribution in [0.4, 0.5) is 4.39 Å². The summed E-state index contributed by atoms with van der Waals surface area (Å²) < 4.78 is 12.4. The smallest absolute Gasteiger partial charge is 0.175 e. The second kappa shape index (κ2) is 2.86. The maximum absolute atomic E-state index is 12.4. The van der Waals surface area contributed by atoms with Crippen molar-refractivity contribution in [2.75, 3.05) is 12.4 Å². The van der Waals surface area contributed by atoms with E-state index in [0.29, 0.717) is 5.75 Å². The van der Waals surface area contributed by atoms with E-state index in [1.54, 1.807) is 0 Å². The minimum Gasteiger partial charge on any atom is -0.391 e. The molecule has 4 heteroatoms. The first-order valence-corrected chi connectivity index (χ1v) is 4.00. The van der Waals surface area contributed by atoms with Gasteiger partial charge in [-0.1, -0.05) is 0 Å². The van der Waals surface area contributed by atoms with E-state index in [1.807, 2.05) is 0 Å². The number of thiol groups is 1. The average Bonchev–Trinajstić information content (AvgIpc) is 2.15. The van der Waals surface area contributed by atoms with Crippen molar-refractivity contribution in [3.05, 3.63) is 0 Å². The molecule has 0 unspecified atom stereocenters. The van der Waals surface area contributed by atoms with Crippen LogP contribution in [0.5, 0.6) is 0 Å². The Labute approximate surface area is 57.1 Å². The van der Waals surface area contributed by atoms with E-state index in [9.17, 15) is 4.39 Å². The lowest BCUT2D eigenvalue weighted by molar-refractivity contribution is 0.0815. The summed E-state index contributed by atoms with van der Waals surface area (Å²) in [4.78, 5) is 0. The molecule has 1 saturated heterocycles. The molecule has 1 aliphatic heterocycles. The highest BCUT2D eigenvalue weighted by atomic mass is 32.2. The fourth-order valence-electron chi connectivity index (χ4n) is 0.859. The summed E-state index contributed by atoms with van der Waals surface area (Å²) in [5.74, 6) is 0.367. The van der Waals surface area contributed by atoms with Crippen LogP contribution in [-0.4, -0.2) is 40.1 Å². The number of aliphatic hydroxyl groups excluding tert-OH is 2. The molecule has 0 amide bonds. The van der Waals surface area contributed by atoms with Gasteiger partial charge in [-0.3, -0.25) is 0 Å². The first kappa shape index (κ1) is 7.31. The Balaban J connectivity index is 2.41. The molecule has 2 N–H and O–H groups in total. The quantitative estimate of drug-likeness (QED) is 0.370. The van der Waals surface area contributed by atoms with Crippen molar-refractivity contribution < 1.29 is 14.6 Å². The zero-order chi connectivity index (χ0) is 6.85. The van der Waals surface area contributed by atoms with E-state index in [1.165, 1.54) is 0 Å². The van der Waals surface area contributed by atoms with E-state index in [4.69, 9.17) is 10.2 Å². The van der Waals surface area contributed by atoms with Gasteiger partial charge in [0.2, 0.25) is 0 Å². The highest BCUT2D eigenvalue weighted by molar-refractivity contribution is 7.79. The molecule has 1 rings (SSSR count). The van der Waals surface area contributed by atoms with Crippen LogP contribution in [0.1, 0.15) is 0 Å². The number of halogens is 1. The highest BCUT2D eigenvalue weighted by Crippen LogP contribution is 2.16. The summed E-state index contributed by atoms with van der Waals surface area (Å²) in [6.07, 6.45) is -2.06. The summed E-state index contributed by atoms with van der Waals surface area (Å²) in [6.45, 7) is -0.108. The van der Waals surface area contributed by atoms with Crippen molar-refractivity contribution in [1.82, 2.24) is 0 Å². The average molecular weight is 153 g/mol. The zero-order valence-corrected chi connectivity index (χ0v) is 5.76. The minimum atomic E-state index is -1.12. The molecule has 1 heterocycles. The fourth-order valence-corrected chi connectivity index (χ4v) is 2.07. The molecule has 2 nitrogen and oxygen atoms in total. The first-order chi connectivity index (χ1) is 4.25. The summed E-state index contributed by atoms with van der Waals surface area (Å²) in [6, 6.07) is 0. The van der Waals surface area contributed by atoms with Crippen molar-refractivity contribution in [1.29, 1.82) is 0 Å². The maximum atomic E-state index is 12.4. The Morgan fingerprint density at radius 1 is 1.67 bits per heavy atom. The molecule has 0 aliphatic carbocycles. The topological polar surface area (TPSA) is 40.5 Å². The van der Waals surface area contributed by atoms with E-state index < -0.39 is 12.3 Å². The van der Waals surface area contributed by atoms with Gasteiger partial charge < -0.3 is 10.2 Å². The van der Waals surface area contributed by atoms with Gasteiger partial charge >= 0.3 is 0 Å². The molecule has 0 saturated carbocycles. The monoisotopic (exact) mass is 153 g/mol. The first-order valence-electron chi connectivity index (χ1n) is 2.85. The largest absolute Gasteiger partial charge is 0.391 e. The third-order valence-electron chi connectivity index (χ3n) is 1.47. The van der Waals surface area contributed by atoms with Crippen LogP contribution in [-0.2, 0) is 11.8 Å². The van der Waals surface area contributed by atoms with Gasteiger partial charge in [-0.05, 0) is 11.8 Å². The number of alkyl halides is 1. The predicted octanol–water partition coefficient (Wildman–Crippen LogP) is -1.13. The van der Waals surface area contributed by atoms with Gasteiger partial charge in [0.05, 0.1) is 6.61 Å². The Morgan fingerprint density at radius 3 is 2.56 bits per heavy atom. The van der Waals surface area contributed by atoms with Crippen LogP contribution in [0.3, 0.4) is 0 Å². The van der Waals surface area contributed by atoms with Gasteiger partial charge in [-0.15, -0.1) is 0 Å². The number of hydrogen-bond acceptors (Lipinski definition) is 2. The number of hydrogen-bond donors (Lipinski definition) is 2. The molecule has 3 atom stereocenters. The van der Waals surface area contributed by atoms with E-state index in [0.717, 1.165) is 11.8 Å². The lowest BCUT2D eigenvalue weighted by Gasteiger charge is -2.04. The molecule has 1 aliphatic rings. The normalized spacial score (nSPS) is 43.7. The van der Waals surface area contributed by atoms with Gasteiger partial charge in [-0.25, -0.2) is 4.39 Å². The van der Waals surface area contributed by atoms with E-state index in [-0.39, 0.29) is 11.9 Å². The molecule has 1 fully saturated rings. The molecular weight excluding hydrogens is 143 g/mol. The number of aliphatic hydroxyl groups is 2. The standard InChI is InChI=1S/C5H9FO2S/c6-3-2-9-4(1-7)5(3)8/h3-5,7-8H,1-2H2/p+1/t3-,4-,5+/m1/s1. The van der Waals surface area contributed by atoms with Crippen LogP contribution in [0.2, 0.25) is 0 Å². The molecule has 0 bridgehead atoms. The Morgan fingerprint density at radius 2 is 2.33 bits per heavy atom. The zero-order valence-electron chi connectivity index (χ0n) is 4.87. The van der Waals surface area contributed by atoms with Crippen LogP contribution in [0.25, 0.3) is 0 Å². The van der Waals surface area contributed by atoms with Gasteiger partial charge in [0.1, 0.15) is 11.9 Å². The van der Waals surface area contributed by atoms with Crippen LogP contribution >= 0.6 is 0 Å². The molecule has 0 aromatic heterocycles. The van der Waals surface area contributed by atoms with Crippen LogP contribution in [0.15, 0.2) is 0 Å². The Bertz CT molecular complexity index is 101. The van der Waals surface area contributed by atoms with E-state index >= 15 is 0 Å². The molecule has 9 heavy (non-hydrogen) atoms. The third-order valence-corrected chi connectivity index (χ3v) is 2.96. The van der Waals surface area contributed by atoms with Crippen molar-refractivity contribution in [3.8, 4) is 0 Å². The van der Waals surface area contributed by atoms with Crippen molar-refractivity contribution in [2.45, 2.75) is 17.5 Å². The van der Waals surface area contributed by atoms with Crippen LogP contribution < -0.4 is 0 Å². The van der Waals surface area contributed by atoms with E-state index in [2.05, 4.69) is 0 Å². The molecule has 0 aromatic carbocycles. The summed E-state index contributed by atoms with van der Waals surface area (Å²) in [5.41, 5.74) is 0. The Hall–Kier alpha value is 0.200. The third kappa shape index (κ3) is 1.36. The second-order valence-corrected chi connectivity index (χ2v) is 3.52. The van der Waals surface area contributed by atoms with Crippen LogP contribution in [0, 0.1) is 0 Å². The van der Waals surface area contributed by atoms with Crippen molar-refractivity contribution >= 4 is 11.8 Å². The van der Waals surface area contributed by atoms with Gasteiger partial charge in [-0.2, -0.15) is 0 Å². The summed E-state index contributed by atoms with van der Waals surface area (Å²) in [7, 11) is 0. The molecule has 54 valence electrons. The summed E-state index contributed by atoms with van der Waals surface area (Å²) in [5, 5.41) is 17.2. The fraction of sp³-hybridized carbons (Fsp3) is 1.00. The summed E-state index contributed by atoms with van der Waals surface area (Å²) >= 11 is 0.834. The van der Waals surface area contributed by atoms with Crippen molar-refractivity contribution in [2.24, 2.45) is 0 Å².